The average Bonchev–Trinajstić information content (AvgIpc) is 3.40. The molecule has 0 unspecified atom stereocenters. The van der Waals surface area contributed by atoms with Crippen LogP contribution in [0.15, 0.2) is 52.1 Å². The minimum Gasteiger partial charge on any atom is -0.496 e. The summed E-state index contributed by atoms with van der Waals surface area (Å²) in [4.78, 5) is 18.3. The quantitative estimate of drug-likeness (QED) is 0.420. The molecule has 2 N–H and O–H groups in total. The number of hydrogen-bond acceptors (Lipinski definition) is 7. The van der Waals surface area contributed by atoms with Crippen LogP contribution >= 0.6 is 11.3 Å². The number of nitrogens with zero attached hydrogens (tertiary/aromatic N) is 2. The van der Waals surface area contributed by atoms with Crippen molar-refractivity contribution in [2.45, 2.75) is 26.3 Å². The SMILES string of the molecule is COc1ccccc1CCc1cn(CCS(N)(=O)=O)c(=O)c2c(C)c(-c3ncco3)sc12. The van der Waals surface area contributed by atoms with Gasteiger partial charge in [0.15, 0.2) is 0 Å². The van der Waals surface area contributed by atoms with Gasteiger partial charge in [0, 0.05) is 17.4 Å². The van der Waals surface area contributed by atoms with Crippen molar-refractivity contribution < 1.29 is 17.6 Å². The summed E-state index contributed by atoms with van der Waals surface area (Å²) in [6, 6.07) is 7.79. The number of primary sulfonamides is 1. The predicted octanol–water partition coefficient (Wildman–Crippen LogP) is 3.11. The fourth-order valence-corrected chi connectivity index (χ4v) is 5.46. The minimum absolute atomic E-state index is 0.0150. The van der Waals surface area contributed by atoms with Crippen LogP contribution < -0.4 is 15.4 Å². The van der Waals surface area contributed by atoms with E-state index in [2.05, 4.69) is 4.98 Å². The highest BCUT2D eigenvalue weighted by molar-refractivity contribution is 7.89. The summed E-state index contributed by atoms with van der Waals surface area (Å²) in [7, 11) is -2.07. The first kappa shape index (κ1) is 22.3. The lowest BCUT2D eigenvalue weighted by Gasteiger charge is -2.12. The molecule has 0 amide bonds. The van der Waals surface area contributed by atoms with Crippen LogP contribution in [0.3, 0.4) is 0 Å². The van der Waals surface area contributed by atoms with Crippen LogP contribution in [-0.2, 0) is 29.4 Å². The van der Waals surface area contributed by atoms with E-state index >= 15 is 0 Å². The lowest BCUT2D eigenvalue weighted by atomic mass is 10.0. The number of rotatable bonds is 8. The van der Waals surface area contributed by atoms with Crippen molar-refractivity contribution in [1.29, 1.82) is 0 Å². The van der Waals surface area contributed by atoms with Gasteiger partial charge in [0.1, 0.15) is 12.0 Å². The Morgan fingerprint density at radius 3 is 2.66 bits per heavy atom. The van der Waals surface area contributed by atoms with Gasteiger partial charge in [-0.2, -0.15) is 0 Å². The number of ether oxygens (including phenoxy) is 1. The van der Waals surface area contributed by atoms with Crippen LogP contribution in [0, 0.1) is 6.92 Å². The number of hydrogen-bond donors (Lipinski definition) is 1. The molecular formula is C22H23N3O5S2. The highest BCUT2D eigenvalue weighted by Gasteiger charge is 2.21. The Bertz CT molecular complexity index is 1420. The van der Waals surface area contributed by atoms with Gasteiger partial charge in [-0.3, -0.25) is 4.79 Å². The number of aryl methyl sites for hydroxylation is 4. The van der Waals surface area contributed by atoms with E-state index in [1.807, 2.05) is 31.2 Å². The fourth-order valence-electron chi connectivity index (χ4n) is 3.73. The highest BCUT2D eigenvalue weighted by Crippen LogP contribution is 2.38. The monoisotopic (exact) mass is 473 g/mol. The van der Waals surface area contributed by atoms with E-state index in [4.69, 9.17) is 14.3 Å². The Morgan fingerprint density at radius 2 is 1.97 bits per heavy atom. The van der Waals surface area contributed by atoms with Crippen molar-refractivity contribution in [2.24, 2.45) is 5.14 Å². The van der Waals surface area contributed by atoms with Crippen molar-refractivity contribution in [2.75, 3.05) is 12.9 Å². The van der Waals surface area contributed by atoms with Crippen LogP contribution in [0.25, 0.3) is 20.9 Å². The van der Waals surface area contributed by atoms with Gasteiger partial charge in [-0.15, -0.1) is 11.3 Å². The van der Waals surface area contributed by atoms with Crippen molar-refractivity contribution >= 4 is 31.4 Å². The second-order valence-corrected chi connectivity index (χ2v) is 10.2. The number of aromatic nitrogens is 2. The standard InChI is InChI=1S/C22H23N3O5S2/c1-14-18-20(31-19(14)21-24-9-11-30-21)16(8-7-15-5-3-4-6-17(15)29-2)13-25(22(18)26)10-12-32(23,27)28/h3-6,9,11,13H,7-8,10,12H2,1-2H3,(H2,23,27,28). The van der Waals surface area contributed by atoms with Gasteiger partial charge in [-0.25, -0.2) is 18.5 Å². The molecule has 0 fully saturated rings. The van der Waals surface area contributed by atoms with Crippen LogP contribution in [0.4, 0.5) is 0 Å². The molecule has 4 aromatic rings. The van der Waals surface area contributed by atoms with Crippen LogP contribution in [0.5, 0.6) is 5.75 Å². The topological polar surface area (TPSA) is 117 Å². The largest absolute Gasteiger partial charge is 0.496 e. The highest BCUT2D eigenvalue weighted by atomic mass is 32.2. The van der Waals surface area contributed by atoms with E-state index in [9.17, 15) is 13.2 Å². The van der Waals surface area contributed by atoms with Crippen LogP contribution in [0.2, 0.25) is 0 Å². The Kier molecular flexibility index (Phi) is 6.18. The number of nitrogens with two attached hydrogens (primary N) is 1. The molecule has 168 valence electrons. The summed E-state index contributed by atoms with van der Waals surface area (Å²) in [5.74, 6) is 0.934. The van der Waals surface area contributed by atoms with E-state index in [-0.39, 0.29) is 17.9 Å². The number of para-hydroxylation sites is 1. The molecule has 0 bridgehead atoms. The van der Waals surface area contributed by atoms with Gasteiger partial charge in [0.2, 0.25) is 15.9 Å². The molecule has 3 aromatic heterocycles. The molecule has 0 aliphatic carbocycles. The van der Waals surface area contributed by atoms with Crippen molar-refractivity contribution in [3.05, 3.63) is 70.0 Å². The second kappa shape index (κ2) is 8.89. The molecule has 4 rings (SSSR count). The summed E-state index contributed by atoms with van der Waals surface area (Å²) < 4.78 is 36.2. The second-order valence-electron chi connectivity index (χ2n) is 7.43. The van der Waals surface area contributed by atoms with Gasteiger partial charge in [-0.05, 0) is 42.5 Å². The maximum absolute atomic E-state index is 13.2. The molecule has 32 heavy (non-hydrogen) atoms. The minimum atomic E-state index is -3.71. The molecule has 0 aliphatic rings. The third-order valence-corrected chi connectivity index (χ3v) is 7.43. The summed E-state index contributed by atoms with van der Waals surface area (Å²) in [5, 5.41) is 5.72. The molecule has 8 nitrogen and oxygen atoms in total. The number of pyridine rings is 1. The smallest absolute Gasteiger partial charge is 0.259 e. The van der Waals surface area contributed by atoms with Crippen LogP contribution in [0.1, 0.15) is 16.7 Å². The molecule has 0 atom stereocenters. The summed E-state index contributed by atoms with van der Waals surface area (Å²) in [5.41, 5.74) is 2.50. The molecule has 0 radical (unpaired) electrons. The fraction of sp³-hybridized carbons (Fsp3) is 0.273. The predicted molar refractivity (Wildman–Crippen MR) is 125 cm³/mol. The van der Waals surface area contributed by atoms with Gasteiger partial charge >= 0.3 is 0 Å². The third kappa shape index (κ3) is 4.47. The molecule has 10 heteroatoms. The first-order valence-corrected chi connectivity index (χ1v) is 12.5. The number of benzene rings is 1. The summed E-state index contributed by atoms with van der Waals surface area (Å²) >= 11 is 1.46. The van der Waals surface area contributed by atoms with Crippen molar-refractivity contribution in [1.82, 2.24) is 9.55 Å². The molecule has 0 spiro atoms. The van der Waals surface area contributed by atoms with Gasteiger partial charge in [-0.1, -0.05) is 18.2 Å². The van der Waals surface area contributed by atoms with E-state index < -0.39 is 10.0 Å². The van der Waals surface area contributed by atoms with Gasteiger partial charge < -0.3 is 13.7 Å². The summed E-state index contributed by atoms with van der Waals surface area (Å²) in [6.07, 6.45) is 6.12. The Balaban J connectivity index is 1.82. The number of oxazole rings is 1. The third-order valence-electron chi connectivity index (χ3n) is 5.32. The van der Waals surface area contributed by atoms with E-state index in [0.717, 1.165) is 32.0 Å². The Morgan fingerprint density at radius 1 is 1.22 bits per heavy atom. The number of fused-ring (bicyclic) bond motifs is 1. The molecule has 0 aliphatic heterocycles. The zero-order chi connectivity index (χ0) is 22.9. The van der Waals surface area contributed by atoms with E-state index in [0.29, 0.717) is 24.1 Å². The maximum atomic E-state index is 13.2. The lowest BCUT2D eigenvalue weighted by molar-refractivity contribution is 0.409. The number of methoxy groups -OCH3 is 1. The first-order valence-electron chi connectivity index (χ1n) is 9.96. The van der Waals surface area contributed by atoms with Crippen molar-refractivity contribution in [3.8, 4) is 16.5 Å². The normalized spacial score (nSPS) is 11.8. The van der Waals surface area contributed by atoms with Crippen molar-refractivity contribution in [3.63, 3.8) is 0 Å². The molecule has 3 heterocycles. The Hall–Kier alpha value is -2.95. The average molecular weight is 474 g/mol. The Labute approximate surface area is 189 Å². The van der Waals surface area contributed by atoms with E-state index in [1.165, 1.54) is 22.2 Å². The lowest BCUT2D eigenvalue weighted by Crippen LogP contribution is -2.27. The number of sulfonamides is 1. The van der Waals surface area contributed by atoms with Gasteiger partial charge in [0.25, 0.3) is 5.56 Å². The van der Waals surface area contributed by atoms with Gasteiger partial charge in [0.05, 0.1) is 29.3 Å². The van der Waals surface area contributed by atoms with Crippen LogP contribution in [-0.4, -0.2) is 30.8 Å². The molecule has 1 aromatic carbocycles. The molecular weight excluding hydrogens is 450 g/mol. The zero-order valence-electron chi connectivity index (χ0n) is 17.7. The first-order chi connectivity index (χ1) is 15.3. The summed E-state index contributed by atoms with van der Waals surface area (Å²) in [6.45, 7) is 1.84. The number of thiophene rings is 1. The molecule has 0 saturated heterocycles. The maximum Gasteiger partial charge on any atom is 0.259 e. The zero-order valence-corrected chi connectivity index (χ0v) is 19.3. The van der Waals surface area contributed by atoms with E-state index in [1.54, 1.807) is 19.5 Å². The molecule has 0 saturated carbocycles.